The first kappa shape index (κ1) is 31.0. The van der Waals surface area contributed by atoms with Crippen LogP contribution in [0.1, 0.15) is 94.0 Å². The van der Waals surface area contributed by atoms with Crippen molar-refractivity contribution in [3.8, 4) is 0 Å². The van der Waals surface area contributed by atoms with Crippen molar-refractivity contribution in [3.05, 3.63) is 65.0 Å². The molecular weight excluding hydrogens is 569 g/mol. The van der Waals surface area contributed by atoms with Gasteiger partial charge in [-0.3, -0.25) is 14.6 Å². The van der Waals surface area contributed by atoms with Crippen molar-refractivity contribution in [1.82, 2.24) is 30.8 Å². The first-order valence-electron chi connectivity index (χ1n) is 15.3. The van der Waals surface area contributed by atoms with Crippen molar-refractivity contribution in [2.45, 2.75) is 96.0 Å². The average molecular weight is 610 g/mol. The van der Waals surface area contributed by atoms with Gasteiger partial charge in [-0.25, -0.2) is 4.39 Å². The van der Waals surface area contributed by atoms with Gasteiger partial charge in [-0.05, 0) is 80.1 Å². The lowest BCUT2D eigenvalue weighted by Gasteiger charge is -2.46. The first-order valence-corrected chi connectivity index (χ1v) is 15.7. The number of hydrogen-bond donors (Lipinski definition) is 2. The molecule has 2 N–H and O–H groups in total. The molecule has 1 aromatic heterocycles. The molecule has 2 unspecified atom stereocenters. The molecule has 0 saturated heterocycles. The van der Waals surface area contributed by atoms with Gasteiger partial charge in [-0.15, -0.1) is 21.8 Å². The molecule has 2 heterocycles. The van der Waals surface area contributed by atoms with Gasteiger partial charge in [0.25, 0.3) is 11.8 Å². The van der Waals surface area contributed by atoms with E-state index in [-0.39, 0.29) is 24.4 Å². The van der Waals surface area contributed by atoms with Crippen LogP contribution in [0.2, 0.25) is 0 Å². The second-order valence-electron chi connectivity index (χ2n) is 12.7. The fourth-order valence-electron chi connectivity index (χ4n) is 6.44. The van der Waals surface area contributed by atoms with Crippen molar-refractivity contribution in [3.63, 3.8) is 0 Å². The van der Waals surface area contributed by atoms with Gasteiger partial charge in [0.1, 0.15) is 17.5 Å². The zero-order valence-corrected chi connectivity index (χ0v) is 26.0. The summed E-state index contributed by atoms with van der Waals surface area (Å²) in [5, 5.41) is 15.6. The molecule has 0 radical (unpaired) electrons. The Morgan fingerprint density at radius 3 is 2.49 bits per heavy atom. The van der Waals surface area contributed by atoms with Gasteiger partial charge < -0.3 is 10.2 Å². The molecule has 1 fully saturated rings. The highest BCUT2D eigenvalue weighted by atomic mass is 35.5. The van der Waals surface area contributed by atoms with Crippen LogP contribution in [0.15, 0.2) is 53.1 Å². The number of benzene rings is 1. The van der Waals surface area contributed by atoms with Gasteiger partial charge in [0.2, 0.25) is 0 Å². The Balaban J connectivity index is 1.46. The summed E-state index contributed by atoms with van der Waals surface area (Å²) < 4.78 is 14.2. The van der Waals surface area contributed by atoms with Gasteiger partial charge in [-0.1, -0.05) is 57.2 Å². The lowest BCUT2D eigenvalue weighted by atomic mass is 9.75. The van der Waals surface area contributed by atoms with E-state index in [9.17, 15) is 14.0 Å². The molecule has 11 heteroatoms. The summed E-state index contributed by atoms with van der Waals surface area (Å²) in [6.45, 7) is 9.03. The maximum atomic E-state index is 14.4. The quantitative estimate of drug-likeness (QED) is 0.327. The molecule has 3 aliphatic rings. The number of carbonyl (C=O) groups is 2. The van der Waals surface area contributed by atoms with Crippen molar-refractivity contribution < 1.29 is 14.0 Å². The second-order valence-corrected chi connectivity index (χ2v) is 13.2. The number of tetrazole rings is 1. The minimum Gasteiger partial charge on any atom is -0.345 e. The van der Waals surface area contributed by atoms with Crippen LogP contribution in [-0.2, 0) is 11.3 Å². The van der Waals surface area contributed by atoms with Crippen LogP contribution in [0, 0.1) is 17.8 Å². The number of amides is 2. The molecule has 1 aromatic carbocycles. The van der Waals surface area contributed by atoms with Crippen LogP contribution in [0.5, 0.6) is 0 Å². The number of alkyl halides is 2. The molecular formula is C32H41ClFN7O2. The third-order valence-corrected chi connectivity index (χ3v) is 9.39. The molecule has 1 aliphatic heterocycles. The number of rotatable bonds is 10. The summed E-state index contributed by atoms with van der Waals surface area (Å²) in [4.78, 5) is 34.4. The SMILES string of the molecule is CC(C)CC[C@H](c1ccc(C(=O)NCc2nn[nH]n2)cc1)N1C(=O)C(C2=CC(Cl)C(F)C=C2)=NC12CCC(C(C)C)CC2. The Labute approximate surface area is 257 Å². The zero-order valence-electron chi connectivity index (χ0n) is 25.3. The molecule has 2 aromatic rings. The Kier molecular flexibility index (Phi) is 9.44. The van der Waals surface area contributed by atoms with Crippen LogP contribution in [-0.4, -0.2) is 60.3 Å². The van der Waals surface area contributed by atoms with Crippen LogP contribution in [0.3, 0.4) is 0 Å². The highest BCUT2D eigenvalue weighted by Crippen LogP contribution is 2.48. The Hall–Kier alpha value is -3.40. The van der Waals surface area contributed by atoms with Crippen molar-refractivity contribution in [2.75, 3.05) is 0 Å². The predicted molar refractivity (Wildman–Crippen MR) is 164 cm³/mol. The fraction of sp³-hybridized carbons (Fsp3) is 0.562. The summed E-state index contributed by atoms with van der Waals surface area (Å²) in [5.74, 6) is 1.57. The molecule has 43 heavy (non-hydrogen) atoms. The van der Waals surface area contributed by atoms with E-state index >= 15 is 0 Å². The summed E-state index contributed by atoms with van der Waals surface area (Å²) in [5.41, 5.74) is 1.73. The summed E-state index contributed by atoms with van der Waals surface area (Å²) in [6, 6.07) is 7.22. The van der Waals surface area contributed by atoms with Gasteiger partial charge in [0.15, 0.2) is 5.82 Å². The average Bonchev–Trinajstić information content (AvgIpc) is 3.61. The number of nitrogens with zero attached hydrogens (tertiary/aromatic N) is 5. The third-order valence-electron chi connectivity index (χ3n) is 9.02. The van der Waals surface area contributed by atoms with Gasteiger partial charge in [-0.2, -0.15) is 5.21 Å². The Morgan fingerprint density at radius 2 is 1.88 bits per heavy atom. The minimum absolute atomic E-state index is 0.143. The largest absolute Gasteiger partial charge is 0.345 e. The molecule has 2 amide bonds. The molecule has 9 nitrogen and oxygen atoms in total. The number of aliphatic imine (C=N–C) groups is 1. The van der Waals surface area contributed by atoms with E-state index < -0.39 is 17.2 Å². The van der Waals surface area contributed by atoms with E-state index in [4.69, 9.17) is 16.6 Å². The Bertz CT molecular complexity index is 1380. The van der Waals surface area contributed by atoms with Gasteiger partial charge in [0.05, 0.1) is 18.0 Å². The Morgan fingerprint density at radius 1 is 1.16 bits per heavy atom. The summed E-state index contributed by atoms with van der Waals surface area (Å²) >= 11 is 6.26. The van der Waals surface area contributed by atoms with E-state index in [1.54, 1.807) is 24.3 Å². The minimum atomic E-state index is -1.30. The maximum absolute atomic E-state index is 14.4. The monoisotopic (exact) mass is 609 g/mol. The third kappa shape index (κ3) is 6.74. The smallest absolute Gasteiger partial charge is 0.275 e. The molecule has 1 saturated carbocycles. The first-order chi connectivity index (χ1) is 20.6. The summed E-state index contributed by atoms with van der Waals surface area (Å²) in [6.07, 6.45) is 8.54. The summed E-state index contributed by atoms with van der Waals surface area (Å²) in [7, 11) is 0. The number of carbonyl (C=O) groups excluding carboxylic acids is 2. The van der Waals surface area contributed by atoms with Crippen molar-refractivity contribution >= 4 is 29.1 Å². The van der Waals surface area contributed by atoms with Crippen LogP contribution < -0.4 is 5.32 Å². The highest BCUT2D eigenvalue weighted by Gasteiger charge is 2.52. The van der Waals surface area contributed by atoms with Crippen molar-refractivity contribution in [1.29, 1.82) is 0 Å². The second kappa shape index (κ2) is 13.1. The van der Waals surface area contributed by atoms with E-state index in [1.807, 2.05) is 17.0 Å². The van der Waals surface area contributed by atoms with Crippen LogP contribution >= 0.6 is 11.6 Å². The van der Waals surface area contributed by atoms with Gasteiger partial charge >= 0.3 is 0 Å². The number of aromatic amines is 1. The highest BCUT2D eigenvalue weighted by molar-refractivity contribution is 6.47. The maximum Gasteiger partial charge on any atom is 0.275 e. The van der Waals surface area contributed by atoms with E-state index in [0.717, 1.165) is 44.1 Å². The molecule has 5 rings (SSSR count). The topological polar surface area (TPSA) is 116 Å². The molecule has 230 valence electrons. The number of hydrogen-bond acceptors (Lipinski definition) is 6. The molecule has 1 spiro atoms. The molecule has 0 bridgehead atoms. The lowest BCUT2D eigenvalue weighted by molar-refractivity contribution is -0.133. The number of aromatic nitrogens is 4. The predicted octanol–water partition coefficient (Wildman–Crippen LogP) is 5.87. The van der Waals surface area contributed by atoms with Crippen LogP contribution in [0.25, 0.3) is 0 Å². The number of H-pyrrole nitrogens is 1. The molecule has 2 aliphatic carbocycles. The van der Waals surface area contributed by atoms with Gasteiger partial charge in [0, 0.05) is 11.1 Å². The standard InChI is InChI=1S/C32H41ClFN7O2/c1-19(2)5-12-27(22-6-8-23(9-7-22)30(42)35-18-28-37-39-40-38-28)41-31(43)29(24-10-11-26(34)25(33)17-24)36-32(41)15-13-21(14-16-32)20(3)4/h6-11,17,19-21,25-27H,5,12-16,18H2,1-4H3,(H,35,42)(H,37,38,39,40)/t21?,25?,26?,27-,32?/m1/s1. The molecule has 3 atom stereocenters. The van der Waals surface area contributed by atoms with E-state index in [1.165, 1.54) is 6.08 Å². The van der Waals surface area contributed by atoms with E-state index in [2.05, 4.69) is 53.6 Å². The lowest BCUT2D eigenvalue weighted by Crippen LogP contribution is -2.51. The number of nitrogens with one attached hydrogen (secondary N) is 2. The van der Waals surface area contributed by atoms with E-state index in [0.29, 0.717) is 40.4 Å². The normalized spacial score (nSPS) is 26.3. The number of allylic oxidation sites excluding steroid dienone is 3. The van der Waals surface area contributed by atoms with Crippen LogP contribution in [0.4, 0.5) is 4.39 Å². The number of halogens is 2. The fourth-order valence-corrected chi connectivity index (χ4v) is 6.66. The van der Waals surface area contributed by atoms with Crippen molar-refractivity contribution in [2.24, 2.45) is 22.7 Å². The zero-order chi connectivity index (χ0) is 30.7.